The van der Waals surface area contributed by atoms with Crippen LogP contribution in [0.4, 0.5) is 13.2 Å². The molecule has 3 rings (SSSR count). The molecule has 8 nitrogen and oxygen atoms in total. The lowest BCUT2D eigenvalue weighted by Crippen LogP contribution is -2.50. The summed E-state index contributed by atoms with van der Waals surface area (Å²) in [5.41, 5.74) is 0.527. The summed E-state index contributed by atoms with van der Waals surface area (Å²) in [5.74, 6) is -0.985. The van der Waals surface area contributed by atoms with Crippen LogP contribution in [0.15, 0.2) is 46.0 Å². The fourth-order valence-corrected chi connectivity index (χ4v) is 5.14. The standard InChI is InChI=1S/C19H20F3N3O5S2/c20-19(21,22)30-15-1-3-16(4-2-15)32(28,29)25-10-8-24(9-11-25)17(26)5-7-23-18(27)14-6-12-31-13-14/h1-4,6,12-13H,5,7-11H2,(H,23,27). The van der Waals surface area contributed by atoms with Crippen LogP contribution in [0.1, 0.15) is 16.8 Å². The van der Waals surface area contributed by atoms with E-state index in [0.717, 1.165) is 24.3 Å². The lowest BCUT2D eigenvalue weighted by molar-refractivity contribution is -0.274. The van der Waals surface area contributed by atoms with Crippen LogP contribution in [0.5, 0.6) is 5.75 Å². The van der Waals surface area contributed by atoms with Crippen LogP contribution in [0.2, 0.25) is 0 Å². The molecule has 0 bridgehead atoms. The highest BCUT2D eigenvalue weighted by Crippen LogP contribution is 2.25. The molecule has 1 aromatic carbocycles. The van der Waals surface area contributed by atoms with Gasteiger partial charge in [-0.25, -0.2) is 8.42 Å². The maximum atomic E-state index is 12.7. The second kappa shape index (κ2) is 9.88. The number of ether oxygens (including phenoxy) is 1. The third-order valence-corrected chi connectivity index (χ3v) is 7.29. The van der Waals surface area contributed by atoms with Gasteiger partial charge in [0.15, 0.2) is 0 Å². The third kappa shape index (κ3) is 6.20. The van der Waals surface area contributed by atoms with Crippen molar-refractivity contribution in [1.29, 1.82) is 0 Å². The van der Waals surface area contributed by atoms with Crippen molar-refractivity contribution < 1.29 is 35.9 Å². The molecule has 0 spiro atoms. The van der Waals surface area contributed by atoms with Gasteiger partial charge >= 0.3 is 6.36 Å². The summed E-state index contributed by atoms with van der Waals surface area (Å²) in [5, 5.41) is 6.14. The summed E-state index contributed by atoms with van der Waals surface area (Å²) < 4.78 is 67.1. The van der Waals surface area contributed by atoms with Crippen molar-refractivity contribution in [2.45, 2.75) is 17.7 Å². The van der Waals surface area contributed by atoms with Crippen LogP contribution in [0, 0.1) is 0 Å². The Morgan fingerprint density at radius 3 is 2.28 bits per heavy atom. The quantitative estimate of drug-likeness (QED) is 0.641. The first-order valence-corrected chi connectivity index (χ1v) is 11.9. The molecule has 32 heavy (non-hydrogen) atoms. The monoisotopic (exact) mass is 491 g/mol. The summed E-state index contributed by atoms with van der Waals surface area (Å²) in [6, 6.07) is 5.64. The highest BCUT2D eigenvalue weighted by molar-refractivity contribution is 7.89. The van der Waals surface area contributed by atoms with Crippen LogP contribution in [-0.4, -0.2) is 68.5 Å². The van der Waals surface area contributed by atoms with E-state index >= 15 is 0 Å². The Morgan fingerprint density at radius 2 is 1.72 bits per heavy atom. The van der Waals surface area contributed by atoms with E-state index in [2.05, 4.69) is 10.1 Å². The average Bonchev–Trinajstić information content (AvgIpc) is 3.28. The lowest BCUT2D eigenvalue weighted by atomic mass is 10.3. The van der Waals surface area contributed by atoms with Gasteiger partial charge in [0.1, 0.15) is 5.75 Å². The predicted molar refractivity (Wildman–Crippen MR) is 110 cm³/mol. The van der Waals surface area contributed by atoms with Crippen LogP contribution in [0.25, 0.3) is 0 Å². The van der Waals surface area contributed by atoms with Gasteiger partial charge in [0.05, 0.1) is 4.90 Å². The Balaban J connectivity index is 1.48. The first-order chi connectivity index (χ1) is 15.1. The van der Waals surface area contributed by atoms with Crippen molar-refractivity contribution in [2.75, 3.05) is 32.7 Å². The zero-order valence-electron chi connectivity index (χ0n) is 16.7. The Hall–Kier alpha value is -2.64. The molecular weight excluding hydrogens is 471 g/mol. The molecular formula is C19H20F3N3O5S2. The number of alkyl halides is 3. The number of hydrogen-bond acceptors (Lipinski definition) is 6. The van der Waals surface area contributed by atoms with Crippen LogP contribution < -0.4 is 10.1 Å². The molecule has 2 aromatic rings. The van der Waals surface area contributed by atoms with E-state index in [-0.39, 0.29) is 55.9 Å². The molecule has 0 unspecified atom stereocenters. The molecule has 1 aliphatic heterocycles. The van der Waals surface area contributed by atoms with E-state index in [4.69, 9.17) is 0 Å². The summed E-state index contributed by atoms with van der Waals surface area (Å²) in [6.07, 6.45) is -4.78. The largest absolute Gasteiger partial charge is 0.573 e. The second-order valence-corrected chi connectivity index (χ2v) is 9.54. The van der Waals surface area contributed by atoms with Gasteiger partial charge in [-0.05, 0) is 35.7 Å². The van der Waals surface area contributed by atoms with Gasteiger partial charge in [-0.1, -0.05) is 0 Å². The maximum Gasteiger partial charge on any atom is 0.573 e. The van der Waals surface area contributed by atoms with Crippen molar-refractivity contribution in [3.8, 4) is 5.75 Å². The van der Waals surface area contributed by atoms with Gasteiger partial charge < -0.3 is 15.0 Å². The molecule has 1 saturated heterocycles. The van der Waals surface area contributed by atoms with Crippen molar-refractivity contribution in [3.05, 3.63) is 46.7 Å². The molecule has 1 N–H and O–H groups in total. The number of nitrogens with zero attached hydrogens (tertiary/aromatic N) is 2. The van der Waals surface area contributed by atoms with Gasteiger partial charge in [0.2, 0.25) is 15.9 Å². The zero-order chi connectivity index (χ0) is 23.4. The van der Waals surface area contributed by atoms with Crippen molar-refractivity contribution in [3.63, 3.8) is 0 Å². The molecule has 0 radical (unpaired) electrons. The Morgan fingerprint density at radius 1 is 1.06 bits per heavy atom. The molecule has 174 valence electrons. The van der Waals surface area contributed by atoms with Gasteiger partial charge in [0, 0.05) is 50.1 Å². The van der Waals surface area contributed by atoms with E-state index < -0.39 is 22.1 Å². The minimum Gasteiger partial charge on any atom is -0.406 e. The van der Waals surface area contributed by atoms with E-state index in [0.29, 0.717) is 5.56 Å². The number of piperazine rings is 1. The van der Waals surface area contributed by atoms with Gasteiger partial charge in [-0.15, -0.1) is 13.2 Å². The van der Waals surface area contributed by atoms with Gasteiger partial charge in [-0.3, -0.25) is 9.59 Å². The SMILES string of the molecule is O=C(NCCC(=O)N1CCN(S(=O)(=O)c2ccc(OC(F)(F)F)cc2)CC1)c1ccsc1. The Labute approximate surface area is 186 Å². The van der Waals surface area contributed by atoms with E-state index in [9.17, 15) is 31.2 Å². The second-order valence-electron chi connectivity index (χ2n) is 6.82. The number of benzene rings is 1. The van der Waals surface area contributed by atoms with E-state index in [1.54, 1.807) is 16.8 Å². The predicted octanol–water partition coefficient (Wildman–Crippen LogP) is 2.30. The number of thiophene rings is 1. The summed E-state index contributed by atoms with van der Waals surface area (Å²) in [6.45, 7) is 0.613. The molecule has 2 heterocycles. The smallest absolute Gasteiger partial charge is 0.406 e. The van der Waals surface area contributed by atoms with Gasteiger partial charge in [-0.2, -0.15) is 15.6 Å². The number of sulfonamides is 1. The first-order valence-electron chi connectivity index (χ1n) is 9.50. The first kappa shape index (κ1) is 24.0. The van der Waals surface area contributed by atoms with E-state index in [1.807, 2.05) is 0 Å². The molecule has 0 aliphatic carbocycles. The molecule has 1 aromatic heterocycles. The average molecular weight is 492 g/mol. The minimum atomic E-state index is -4.87. The number of nitrogens with one attached hydrogen (secondary N) is 1. The van der Waals surface area contributed by atoms with Crippen LogP contribution >= 0.6 is 11.3 Å². The molecule has 1 fully saturated rings. The van der Waals surface area contributed by atoms with Crippen molar-refractivity contribution in [1.82, 2.24) is 14.5 Å². The Kier molecular flexibility index (Phi) is 7.41. The molecule has 13 heteroatoms. The highest BCUT2D eigenvalue weighted by Gasteiger charge is 2.32. The fourth-order valence-electron chi connectivity index (χ4n) is 3.08. The van der Waals surface area contributed by atoms with E-state index in [1.165, 1.54) is 20.5 Å². The number of amides is 2. The number of rotatable bonds is 7. The fraction of sp³-hybridized carbons (Fsp3) is 0.368. The number of halogens is 3. The molecule has 2 amide bonds. The number of carbonyl (C=O) groups excluding carboxylic acids is 2. The number of hydrogen-bond donors (Lipinski definition) is 1. The third-order valence-electron chi connectivity index (χ3n) is 4.69. The topological polar surface area (TPSA) is 96.0 Å². The van der Waals surface area contributed by atoms with Crippen LogP contribution in [0.3, 0.4) is 0 Å². The Bertz CT molecular complexity index is 1030. The normalized spacial score (nSPS) is 15.4. The maximum absolute atomic E-state index is 12.7. The summed E-state index contributed by atoms with van der Waals surface area (Å²) in [4.78, 5) is 25.6. The van der Waals surface area contributed by atoms with Crippen molar-refractivity contribution in [2.24, 2.45) is 0 Å². The lowest BCUT2D eigenvalue weighted by Gasteiger charge is -2.34. The highest BCUT2D eigenvalue weighted by atomic mass is 32.2. The molecule has 0 atom stereocenters. The zero-order valence-corrected chi connectivity index (χ0v) is 18.3. The number of carbonyl (C=O) groups is 2. The minimum absolute atomic E-state index is 0.0517. The van der Waals surface area contributed by atoms with Crippen molar-refractivity contribution >= 4 is 33.2 Å². The molecule has 0 saturated carbocycles. The summed E-state index contributed by atoms with van der Waals surface area (Å²) >= 11 is 1.39. The summed E-state index contributed by atoms with van der Waals surface area (Å²) in [7, 11) is -3.92. The van der Waals surface area contributed by atoms with Crippen LogP contribution in [-0.2, 0) is 14.8 Å². The van der Waals surface area contributed by atoms with Gasteiger partial charge in [0.25, 0.3) is 5.91 Å². The molecule has 1 aliphatic rings.